The van der Waals surface area contributed by atoms with Gasteiger partial charge < -0.3 is 20.1 Å². The van der Waals surface area contributed by atoms with Gasteiger partial charge in [0.15, 0.2) is 0 Å². The van der Waals surface area contributed by atoms with E-state index in [-0.39, 0.29) is 30.9 Å². The van der Waals surface area contributed by atoms with Crippen molar-refractivity contribution in [3.63, 3.8) is 0 Å². The van der Waals surface area contributed by atoms with E-state index < -0.39 is 17.4 Å². The van der Waals surface area contributed by atoms with Crippen LogP contribution in [0.4, 0.5) is 0 Å². The first kappa shape index (κ1) is 19.4. The van der Waals surface area contributed by atoms with Crippen molar-refractivity contribution in [1.29, 1.82) is 0 Å². The highest BCUT2D eigenvalue weighted by molar-refractivity contribution is 7.12. The highest BCUT2D eigenvalue weighted by atomic mass is 32.1. The zero-order valence-electron chi connectivity index (χ0n) is 14.7. The SMILES string of the molecule is COCC1(C(=O)O)CCN(C(=O)C(NC(=O)c2cccs2)C(C)C)C1. The summed E-state index contributed by atoms with van der Waals surface area (Å²) < 4.78 is 5.05. The molecule has 2 atom stereocenters. The van der Waals surface area contributed by atoms with Crippen molar-refractivity contribution in [2.75, 3.05) is 26.8 Å². The van der Waals surface area contributed by atoms with Gasteiger partial charge in [0.05, 0.1) is 11.5 Å². The number of aliphatic carboxylic acids is 1. The number of nitrogens with one attached hydrogen (secondary N) is 1. The molecule has 2 rings (SSSR count). The molecular weight excluding hydrogens is 344 g/mol. The van der Waals surface area contributed by atoms with Crippen LogP contribution in [0.15, 0.2) is 17.5 Å². The van der Waals surface area contributed by atoms with Crippen LogP contribution < -0.4 is 5.32 Å². The molecule has 25 heavy (non-hydrogen) atoms. The topological polar surface area (TPSA) is 95.9 Å². The first-order chi connectivity index (χ1) is 11.8. The Morgan fingerprint density at radius 2 is 2.16 bits per heavy atom. The minimum atomic E-state index is -1.08. The molecule has 138 valence electrons. The van der Waals surface area contributed by atoms with Gasteiger partial charge in [-0.05, 0) is 23.8 Å². The second-order valence-corrected chi connectivity index (χ2v) is 7.65. The fourth-order valence-corrected chi connectivity index (χ4v) is 3.65. The van der Waals surface area contributed by atoms with E-state index in [4.69, 9.17) is 4.74 Å². The zero-order valence-corrected chi connectivity index (χ0v) is 15.5. The van der Waals surface area contributed by atoms with Crippen molar-refractivity contribution in [1.82, 2.24) is 10.2 Å². The van der Waals surface area contributed by atoms with E-state index in [1.807, 2.05) is 13.8 Å². The second kappa shape index (κ2) is 7.97. The molecule has 1 aromatic heterocycles. The molecule has 1 aliphatic heterocycles. The van der Waals surface area contributed by atoms with Crippen LogP contribution in [0.25, 0.3) is 0 Å². The van der Waals surface area contributed by atoms with Crippen molar-refractivity contribution < 1.29 is 24.2 Å². The molecule has 1 aromatic rings. The number of nitrogens with zero attached hydrogens (tertiary/aromatic N) is 1. The highest BCUT2D eigenvalue weighted by Crippen LogP contribution is 2.32. The van der Waals surface area contributed by atoms with Crippen LogP contribution >= 0.6 is 11.3 Å². The lowest BCUT2D eigenvalue weighted by Gasteiger charge is -2.28. The molecule has 0 radical (unpaired) electrons. The van der Waals surface area contributed by atoms with Gasteiger partial charge in [-0.25, -0.2) is 0 Å². The average Bonchev–Trinajstić information content (AvgIpc) is 3.22. The molecule has 0 aliphatic carbocycles. The zero-order chi connectivity index (χ0) is 18.6. The molecule has 2 unspecified atom stereocenters. The number of ether oxygens (including phenoxy) is 1. The summed E-state index contributed by atoms with van der Waals surface area (Å²) in [5, 5.41) is 14.1. The maximum atomic E-state index is 12.9. The summed E-state index contributed by atoms with van der Waals surface area (Å²) in [6.45, 7) is 4.19. The quantitative estimate of drug-likeness (QED) is 0.759. The van der Waals surface area contributed by atoms with Crippen LogP contribution in [0, 0.1) is 11.3 Å². The van der Waals surface area contributed by atoms with Gasteiger partial charge in [-0.1, -0.05) is 19.9 Å². The van der Waals surface area contributed by atoms with E-state index in [2.05, 4.69) is 5.32 Å². The Morgan fingerprint density at radius 1 is 1.44 bits per heavy atom. The molecule has 8 heteroatoms. The van der Waals surface area contributed by atoms with Crippen LogP contribution in [0.2, 0.25) is 0 Å². The van der Waals surface area contributed by atoms with Gasteiger partial charge in [-0.3, -0.25) is 14.4 Å². The third kappa shape index (κ3) is 4.19. The summed E-state index contributed by atoms with van der Waals surface area (Å²) in [7, 11) is 1.45. The molecule has 0 aromatic carbocycles. The lowest BCUT2D eigenvalue weighted by atomic mass is 9.88. The summed E-state index contributed by atoms with van der Waals surface area (Å²) in [6, 6.07) is 2.78. The molecule has 7 nitrogen and oxygen atoms in total. The van der Waals surface area contributed by atoms with E-state index in [1.54, 1.807) is 17.5 Å². The normalized spacial score (nSPS) is 21.4. The minimum absolute atomic E-state index is 0.0556. The minimum Gasteiger partial charge on any atom is -0.481 e. The molecule has 1 aliphatic rings. The van der Waals surface area contributed by atoms with E-state index >= 15 is 0 Å². The molecule has 2 amide bonds. The van der Waals surface area contributed by atoms with Crippen molar-refractivity contribution in [3.8, 4) is 0 Å². The van der Waals surface area contributed by atoms with Crippen LogP contribution in [0.5, 0.6) is 0 Å². The summed E-state index contributed by atoms with van der Waals surface area (Å²) in [6.07, 6.45) is 0.339. The number of carbonyl (C=O) groups is 3. The first-order valence-electron chi connectivity index (χ1n) is 8.16. The Bertz CT molecular complexity index is 631. The Morgan fingerprint density at radius 3 is 2.68 bits per heavy atom. The van der Waals surface area contributed by atoms with E-state index in [0.717, 1.165) is 0 Å². The summed E-state index contributed by atoms with van der Waals surface area (Å²) in [4.78, 5) is 38.9. The smallest absolute Gasteiger partial charge is 0.313 e. The number of methoxy groups -OCH3 is 1. The molecule has 1 fully saturated rings. The number of hydrogen-bond acceptors (Lipinski definition) is 5. The first-order valence-corrected chi connectivity index (χ1v) is 9.04. The fourth-order valence-electron chi connectivity index (χ4n) is 3.02. The molecule has 2 N–H and O–H groups in total. The van der Waals surface area contributed by atoms with Crippen molar-refractivity contribution in [2.24, 2.45) is 11.3 Å². The summed E-state index contributed by atoms with van der Waals surface area (Å²) >= 11 is 1.31. The predicted octanol–water partition coefficient (Wildman–Crippen LogP) is 1.45. The van der Waals surface area contributed by atoms with Gasteiger partial charge in [0.25, 0.3) is 5.91 Å². The van der Waals surface area contributed by atoms with Gasteiger partial charge in [0.1, 0.15) is 11.5 Å². The molecule has 0 spiro atoms. The standard InChI is InChI=1S/C17H24N2O5S/c1-11(2)13(18-14(20)12-5-4-8-25-12)15(21)19-7-6-17(9-19,10-24-3)16(22)23/h4-5,8,11,13H,6-7,9-10H2,1-3H3,(H,18,20)(H,22,23). The Labute approximate surface area is 151 Å². The maximum Gasteiger partial charge on any atom is 0.313 e. The van der Waals surface area contributed by atoms with Gasteiger partial charge in [0, 0.05) is 20.2 Å². The Kier molecular flexibility index (Phi) is 6.18. The lowest BCUT2D eigenvalue weighted by molar-refractivity contribution is -0.151. The number of likely N-dealkylation sites (tertiary alicyclic amines) is 1. The lowest BCUT2D eigenvalue weighted by Crippen LogP contribution is -2.51. The van der Waals surface area contributed by atoms with E-state index in [9.17, 15) is 19.5 Å². The van der Waals surface area contributed by atoms with Gasteiger partial charge in [-0.2, -0.15) is 0 Å². The van der Waals surface area contributed by atoms with Crippen LogP contribution in [-0.4, -0.2) is 60.6 Å². The summed E-state index contributed by atoms with van der Waals surface area (Å²) in [5.74, 6) is -1.62. The molecule has 1 saturated heterocycles. The Hall–Kier alpha value is -1.93. The fraction of sp³-hybridized carbons (Fsp3) is 0.588. The van der Waals surface area contributed by atoms with Crippen LogP contribution in [0.3, 0.4) is 0 Å². The van der Waals surface area contributed by atoms with Gasteiger partial charge >= 0.3 is 5.97 Å². The summed E-state index contributed by atoms with van der Waals surface area (Å²) in [5.41, 5.74) is -1.08. The number of hydrogen-bond donors (Lipinski definition) is 2. The molecule has 0 bridgehead atoms. The van der Waals surface area contributed by atoms with Crippen molar-refractivity contribution in [3.05, 3.63) is 22.4 Å². The molecule has 2 heterocycles. The highest BCUT2D eigenvalue weighted by Gasteiger charge is 2.47. The third-order valence-electron chi connectivity index (χ3n) is 4.50. The monoisotopic (exact) mass is 368 g/mol. The number of amides is 2. The number of carbonyl (C=O) groups excluding carboxylic acids is 2. The number of rotatable bonds is 7. The van der Waals surface area contributed by atoms with E-state index in [0.29, 0.717) is 17.8 Å². The van der Waals surface area contributed by atoms with Crippen molar-refractivity contribution >= 4 is 29.1 Å². The molecular formula is C17H24N2O5S. The third-order valence-corrected chi connectivity index (χ3v) is 5.37. The van der Waals surface area contributed by atoms with E-state index in [1.165, 1.54) is 23.3 Å². The number of thiophene rings is 1. The number of carboxylic acid groups (broad SMARTS) is 1. The Balaban J connectivity index is 2.10. The molecule has 0 saturated carbocycles. The predicted molar refractivity (Wildman–Crippen MR) is 93.6 cm³/mol. The van der Waals surface area contributed by atoms with Gasteiger partial charge in [0.2, 0.25) is 5.91 Å². The van der Waals surface area contributed by atoms with Gasteiger partial charge in [-0.15, -0.1) is 11.3 Å². The largest absolute Gasteiger partial charge is 0.481 e. The second-order valence-electron chi connectivity index (χ2n) is 6.70. The maximum absolute atomic E-state index is 12.9. The van der Waals surface area contributed by atoms with Crippen molar-refractivity contribution in [2.45, 2.75) is 26.3 Å². The average molecular weight is 368 g/mol. The number of carboxylic acids is 1. The van der Waals surface area contributed by atoms with Crippen LogP contribution in [-0.2, 0) is 14.3 Å². The van der Waals surface area contributed by atoms with Crippen LogP contribution in [0.1, 0.15) is 29.9 Å².